The molecular weight excluding hydrogens is 246 g/mol. The highest BCUT2D eigenvalue weighted by atomic mass is 19.2. The van der Waals surface area contributed by atoms with E-state index in [1.807, 2.05) is 19.9 Å². The number of aryl methyl sites for hydroxylation is 2. The van der Waals surface area contributed by atoms with Gasteiger partial charge in [0.2, 0.25) is 0 Å². The van der Waals surface area contributed by atoms with Crippen molar-refractivity contribution in [2.75, 3.05) is 0 Å². The first-order valence-electron chi connectivity index (χ1n) is 6.08. The van der Waals surface area contributed by atoms with E-state index in [0.717, 1.165) is 17.2 Å². The summed E-state index contributed by atoms with van der Waals surface area (Å²) in [5, 5.41) is 10.6. The molecule has 19 heavy (non-hydrogen) atoms. The molecule has 2 aromatic carbocycles. The fraction of sp³-hybridized carbons (Fsp3) is 0.250. The second kappa shape index (κ2) is 4.74. The Bertz CT molecular complexity index is 618. The van der Waals surface area contributed by atoms with Crippen molar-refractivity contribution < 1.29 is 13.9 Å². The molecule has 0 saturated carbocycles. The van der Waals surface area contributed by atoms with Crippen LogP contribution >= 0.6 is 0 Å². The van der Waals surface area contributed by atoms with Crippen molar-refractivity contribution in [2.24, 2.45) is 0 Å². The van der Waals surface area contributed by atoms with Crippen LogP contribution in [0.25, 0.3) is 0 Å². The molecule has 0 amide bonds. The molecule has 0 aliphatic carbocycles. The number of rotatable bonds is 2. The standard InChI is InChI=1S/C16H16F2O/c1-10-7-8-12(9-11(10)2)16(3,19)13-5-4-6-14(17)15(13)18/h4-9,19H,1-3H3. The minimum absolute atomic E-state index is 0.0595. The maximum absolute atomic E-state index is 13.8. The predicted molar refractivity (Wildman–Crippen MR) is 70.9 cm³/mol. The summed E-state index contributed by atoms with van der Waals surface area (Å²) in [4.78, 5) is 0. The third-order valence-electron chi connectivity index (χ3n) is 3.55. The number of hydrogen-bond donors (Lipinski definition) is 1. The van der Waals surface area contributed by atoms with Gasteiger partial charge in [0.15, 0.2) is 11.6 Å². The first-order valence-corrected chi connectivity index (χ1v) is 6.08. The minimum atomic E-state index is -1.56. The van der Waals surface area contributed by atoms with Gasteiger partial charge in [-0.15, -0.1) is 0 Å². The monoisotopic (exact) mass is 262 g/mol. The van der Waals surface area contributed by atoms with E-state index in [2.05, 4.69) is 0 Å². The normalized spacial score (nSPS) is 14.2. The smallest absolute Gasteiger partial charge is 0.165 e. The minimum Gasteiger partial charge on any atom is -0.381 e. The van der Waals surface area contributed by atoms with Crippen LogP contribution < -0.4 is 0 Å². The van der Waals surface area contributed by atoms with Crippen molar-refractivity contribution in [2.45, 2.75) is 26.4 Å². The molecule has 0 spiro atoms. The van der Waals surface area contributed by atoms with Gasteiger partial charge in [0, 0.05) is 5.56 Å². The van der Waals surface area contributed by atoms with Gasteiger partial charge in [0.1, 0.15) is 5.60 Å². The predicted octanol–water partition coefficient (Wildman–Crippen LogP) is 3.84. The number of benzene rings is 2. The van der Waals surface area contributed by atoms with Crippen molar-refractivity contribution in [3.63, 3.8) is 0 Å². The summed E-state index contributed by atoms with van der Waals surface area (Å²) < 4.78 is 27.1. The van der Waals surface area contributed by atoms with Crippen LogP contribution in [0, 0.1) is 25.5 Å². The molecule has 2 rings (SSSR count). The second-order valence-corrected chi connectivity index (χ2v) is 4.97. The Hall–Kier alpha value is -1.74. The Morgan fingerprint density at radius 2 is 1.68 bits per heavy atom. The van der Waals surface area contributed by atoms with Crippen LogP contribution in [0.5, 0.6) is 0 Å². The second-order valence-electron chi connectivity index (χ2n) is 4.97. The van der Waals surface area contributed by atoms with Crippen molar-refractivity contribution in [1.82, 2.24) is 0 Å². The van der Waals surface area contributed by atoms with E-state index in [9.17, 15) is 13.9 Å². The van der Waals surface area contributed by atoms with Gasteiger partial charge in [-0.05, 0) is 43.5 Å². The molecule has 0 radical (unpaired) electrons. The fourth-order valence-corrected chi connectivity index (χ4v) is 2.08. The molecule has 1 unspecified atom stereocenters. The number of aliphatic hydroxyl groups is 1. The summed E-state index contributed by atoms with van der Waals surface area (Å²) in [5.74, 6) is -1.97. The van der Waals surface area contributed by atoms with Crippen molar-refractivity contribution in [3.8, 4) is 0 Å². The first kappa shape index (κ1) is 13.7. The van der Waals surface area contributed by atoms with Crippen molar-refractivity contribution in [1.29, 1.82) is 0 Å². The van der Waals surface area contributed by atoms with Gasteiger partial charge >= 0.3 is 0 Å². The molecule has 0 aliphatic heterocycles. The average Bonchev–Trinajstić information content (AvgIpc) is 2.35. The molecular formula is C16H16F2O. The quantitative estimate of drug-likeness (QED) is 0.872. The van der Waals surface area contributed by atoms with E-state index in [-0.39, 0.29) is 5.56 Å². The summed E-state index contributed by atoms with van der Waals surface area (Å²) >= 11 is 0. The largest absolute Gasteiger partial charge is 0.381 e. The highest BCUT2D eigenvalue weighted by molar-refractivity contribution is 5.40. The van der Waals surface area contributed by atoms with Crippen LogP contribution in [0.1, 0.15) is 29.2 Å². The lowest BCUT2D eigenvalue weighted by Gasteiger charge is -2.25. The molecule has 0 heterocycles. The van der Waals surface area contributed by atoms with E-state index in [1.165, 1.54) is 19.1 Å². The highest BCUT2D eigenvalue weighted by Gasteiger charge is 2.30. The summed E-state index contributed by atoms with van der Waals surface area (Å²) in [5.41, 5.74) is 0.995. The van der Waals surface area contributed by atoms with Gasteiger partial charge in [-0.25, -0.2) is 8.78 Å². The van der Waals surface area contributed by atoms with E-state index in [1.54, 1.807) is 12.1 Å². The molecule has 0 saturated heterocycles. The van der Waals surface area contributed by atoms with Crippen LogP contribution in [-0.4, -0.2) is 5.11 Å². The lowest BCUT2D eigenvalue weighted by atomic mass is 9.86. The third-order valence-corrected chi connectivity index (χ3v) is 3.55. The molecule has 2 aromatic rings. The van der Waals surface area contributed by atoms with Crippen LogP contribution in [0.2, 0.25) is 0 Å². The zero-order valence-corrected chi connectivity index (χ0v) is 11.2. The van der Waals surface area contributed by atoms with E-state index in [0.29, 0.717) is 5.56 Å². The van der Waals surface area contributed by atoms with E-state index < -0.39 is 17.2 Å². The van der Waals surface area contributed by atoms with E-state index in [4.69, 9.17) is 0 Å². The Morgan fingerprint density at radius 3 is 2.32 bits per heavy atom. The topological polar surface area (TPSA) is 20.2 Å². The molecule has 1 N–H and O–H groups in total. The van der Waals surface area contributed by atoms with Gasteiger partial charge in [0.05, 0.1) is 0 Å². The molecule has 100 valence electrons. The Kier molecular flexibility index (Phi) is 3.42. The Morgan fingerprint density at radius 1 is 1.00 bits per heavy atom. The van der Waals surface area contributed by atoms with Crippen LogP contribution in [0.4, 0.5) is 8.78 Å². The van der Waals surface area contributed by atoms with Crippen LogP contribution in [0.3, 0.4) is 0 Å². The van der Waals surface area contributed by atoms with Crippen molar-refractivity contribution in [3.05, 3.63) is 70.3 Å². The number of hydrogen-bond acceptors (Lipinski definition) is 1. The van der Waals surface area contributed by atoms with Gasteiger partial charge < -0.3 is 5.11 Å². The molecule has 3 heteroatoms. The SMILES string of the molecule is Cc1ccc(C(C)(O)c2cccc(F)c2F)cc1C. The van der Waals surface area contributed by atoms with Gasteiger partial charge in [0.25, 0.3) is 0 Å². The zero-order chi connectivity index (χ0) is 14.2. The summed E-state index contributed by atoms with van der Waals surface area (Å²) in [6.07, 6.45) is 0. The Labute approximate surface area is 111 Å². The lowest BCUT2D eigenvalue weighted by molar-refractivity contribution is 0.0969. The molecule has 1 atom stereocenters. The van der Waals surface area contributed by atoms with Crippen LogP contribution in [0.15, 0.2) is 36.4 Å². The third kappa shape index (κ3) is 2.38. The summed E-state index contributed by atoms with van der Waals surface area (Å²) in [6.45, 7) is 5.34. The average molecular weight is 262 g/mol. The fourth-order valence-electron chi connectivity index (χ4n) is 2.08. The lowest BCUT2D eigenvalue weighted by Crippen LogP contribution is -2.25. The molecule has 0 aromatic heterocycles. The molecule has 0 fully saturated rings. The summed E-state index contributed by atoms with van der Waals surface area (Å²) in [7, 11) is 0. The van der Waals surface area contributed by atoms with E-state index >= 15 is 0 Å². The highest BCUT2D eigenvalue weighted by Crippen LogP contribution is 2.32. The van der Waals surface area contributed by atoms with Gasteiger partial charge in [-0.2, -0.15) is 0 Å². The Balaban J connectivity index is 2.58. The molecule has 1 nitrogen and oxygen atoms in total. The maximum Gasteiger partial charge on any atom is 0.165 e. The van der Waals surface area contributed by atoms with Gasteiger partial charge in [-0.1, -0.05) is 30.3 Å². The number of halogens is 2. The molecule has 0 aliphatic rings. The molecule has 0 bridgehead atoms. The van der Waals surface area contributed by atoms with Crippen LogP contribution in [-0.2, 0) is 5.60 Å². The van der Waals surface area contributed by atoms with Crippen molar-refractivity contribution >= 4 is 0 Å². The zero-order valence-electron chi connectivity index (χ0n) is 11.2. The summed E-state index contributed by atoms with van der Waals surface area (Å²) in [6, 6.07) is 9.20. The maximum atomic E-state index is 13.8. The van der Waals surface area contributed by atoms with Gasteiger partial charge in [-0.3, -0.25) is 0 Å². The first-order chi connectivity index (χ1) is 8.84.